The molecule has 1 N–H and O–H groups in total. The van der Waals surface area contributed by atoms with Gasteiger partial charge in [-0.25, -0.2) is 13.3 Å². The van der Waals surface area contributed by atoms with Gasteiger partial charge in [0.1, 0.15) is 11.6 Å². The van der Waals surface area contributed by atoms with Crippen LogP contribution in [0.25, 0.3) is 5.52 Å². The highest BCUT2D eigenvalue weighted by atomic mass is 19.1. The van der Waals surface area contributed by atoms with E-state index in [2.05, 4.69) is 5.10 Å². The molecule has 2 unspecified atom stereocenters. The molecule has 0 saturated carbocycles. The summed E-state index contributed by atoms with van der Waals surface area (Å²) in [5.41, 5.74) is 2.11. The zero-order chi connectivity index (χ0) is 22.4. The third kappa shape index (κ3) is 3.47. The van der Waals surface area contributed by atoms with Crippen LogP contribution in [0, 0.1) is 17.6 Å². The number of benzene rings is 1. The van der Waals surface area contributed by atoms with E-state index in [0.29, 0.717) is 42.6 Å². The molecule has 3 aromatic rings. The second-order valence-corrected chi connectivity index (χ2v) is 8.37. The Bertz CT molecular complexity index is 1210. The van der Waals surface area contributed by atoms with Gasteiger partial charge < -0.3 is 14.9 Å². The summed E-state index contributed by atoms with van der Waals surface area (Å²) in [7, 11) is 0. The molecule has 1 amide bonds. The SMILES string of the molecule is O=C(O)C1CCN(C(=O)c2cnn3ccc(N4CCCC4c4cc(F)ccc4F)cc23)C1. The fourth-order valence-corrected chi connectivity index (χ4v) is 4.80. The van der Waals surface area contributed by atoms with E-state index in [9.17, 15) is 23.5 Å². The molecule has 2 fully saturated rings. The van der Waals surface area contributed by atoms with Crippen molar-refractivity contribution in [2.75, 3.05) is 24.5 Å². The molecule has 4 heterocycles. The average molecular weight is 440 g/mol. The van der Waals surface area contributed by atoms with E-state index < -0.39 is 23.5 Å². The van der Waals surface area contributed by atoms with Gasteiger partial charge in [0, 0.05) is 37.1 Å². The Morgan fingerprint density at radius 1 is 1.09 bits per heavy atom. The number of halogens is 2. The van der Waals surface area contributed by atoms with Crippen LogP contribution in [0.15, 0.2) is 42.7 Å². The van der Waals surface area contributed by atoms with E-state index in [0.717, 1.165) is 24.2 Å². The van der Waals surface area contributed by atoms with Crippen molar-refractivity contribution in [2.45, 2.75) is 25.3 Å². The van der Waals surface area contributed by atoms with E-state index in [4.69, 9.17) is 0 Å². The number of hydrogen-bond donors (Lipinski definition) is 1. The van der Waals surface area contributed by atoms with Gasteiger partial charge in [-0.3, -0.25) is 9.59 Å². The number of aromatic nitrogens is 2. The third-order valence-corrected chi connectivity index (χ3v) is 6.46. The van der Waals surface area contributed by atoms with Crippen molar-refractivity contribution in [3.63, 3.8) is 0 Å². The molecular weight excluding hydrogens is 418 g/mol. The molecule has 2 aromatic heterocycles. The molecule has 2 atom stereocenters. The van der Waals surface area contributed by atoms with Crippen molar-refractivity contribution in [1.29, 1.82) is 0 Å². The molecular formula is C23H22F2N4O3. The largest absolute Gasteiger partial charge is 0.481 e. The predicted octanol–water partition coefficient (Wildman–Crippen LogP) is 3.50. The van der Waals surface area contributed by atoms with Gasteiger partial charge in [-0.1, -0.05) is 0 Å². The number of nitrogens with zero attached hydrogens (tertiary/aromatic N) is 4. The first-order chi connectivity index (χ1) is 15.4. The Hall–Kier alpha value is -3.49. The van der Waals surface area contributed by atoms with Crippen LogP contribution in [0.3, 0.4) is 0 Å². The number of carbonyl (C=O) groups is 2. The Balaban J connectivity index is 1.46. The van der Waals surface area contributed by atoms with Crippen LogP contribution in [0.2, 0.25) is 0 Å². The Morgan fingerprint density at radius 2 is 1.94 bits per heavy atom. The molecule has 0 aliphatic carbocycles. The molecule has 5 rings (SSSR count). The number of carboxylic acid groups (broad SMARTS) is 1. The van der Waals surface area contributed by atoms with E-state index >= 15 is 0 Å². The Labute approximate surface area is 182 Å². The maximum atomic E-state index is 14.4. The van der Waals surface area contributed by atoms with E-state index in [1.165, 1.54) is 12.3 Å². The van der Waals surface area contributed by atoms with Gasteiger partial charge in [-0.05, 0) is 49.6 Å². The molecule has 9 heteroatoms. The van der Waals surface area contributed by atoms with Gasteiger partial charge in [0.15, 0.2) is 0 Å². The predicted molar refractivity (Wildman–Crippen MR) is 113 cm³/mol. The van der Waals surface area contributed by atoms with E-state index in [1.54, 1.807) is 15.6 Å². The summed E-state index contributed by atoms with van der Waals surface area (Å²) in [6.45, 7) is 1.25. The summed E-state index contributed by atoms with van der Waals surface area (Å²) >= 11 is 0. The number of aliphatic carboxylic acids is 1. The summed E-state index contributed by atoms with van der Waals surface area (Å²) in [5, 5.41) is 13.5. The zero-order valence-corrected chi connectivity index (χ0v) is 17.2. The van der Waals surface area contributed by atoms with Gasteiger partial charge in [0.25, 0.3) is 5.91 Å². The van der Waals surface area contributed by atoms with Crippen LogP contribution in [-0.4, -0.2) is 51.1 Å². The average Bonchev–Trinajstić information content (AvgIpc) is 3.53. The quantitative estimate of drug-likeness (QED) is 0.672. The van der Waals surface area contributed by atoms with Crippen LogP contribution in [-0.2, 0) is 4.79 Å². The van der Waals surface area contributed by atoms with Crippen molar-refractivity contribution >= 4 is 23.1 Å². The first-order valence-corrected chi connectivity index (χ1v) is 10.6. The highest BCUT2D eigenvalue weighted by Gasteiger charge is 2.33. The monoisotopic (exact) mass is 440 g/mol. The van der Waals surface area contributed by atoms with Crippen molar-refractivity contribution < 1.29 is 23.5 Å². The molecule has 0 radical (unpaired) electrons. The minimum Gasteiger partial charge on any atom is -0.481 e. The van der Waals surface area contributed by atoms with Crippen LogP contribution in [0.1, 0.15) is 41.2 Å². The lowest BCUT2D eigenvalue weighted by Crippen LogP contribution is -2.29. The number of amides is 1. The molecule has 166 valence electrons. The zero-order valence-electron chi connectivity index (χ0n) is 17.2. The minimum atomic E-state index is -0.896. The molecule has 2 aliphatic rings. The highest BCUT2D eigenvalue weighted by Crippen LogP contribution is 2.38. The maximum absolute atomic E-state index is 14.4. The lowest BCUT2D eigenvalue weighted by Gasteiger charge is -2.27. The third-order valence-electron chi connectivity index (χ3n) is 6.46. The first-order valence-electron chi connectivity index (χ1n) is 10.6. The van der Waals surface area contributed by atoms with Crippen LogP contribution < -0.4 is 4.90 Å². The van der Waals surface area contributed by atoms with Crippen LogP contribution >= 0.6 is 0 Å². The van der Waals surface area contributed by atoms with Crippen molar-refractivity contribution in [1.82, 2.24) is 14.5 Å². The minimum absolute atomic E-state index is 0.179. The van der Waals surface area contributed by atoms with Gasteiger partial charge in [-0.2, -0.15) is 5.10 Å². The Morgan fingerprint density at radius 3 is 2.72 bits per heavy atom. The van der Waals surface area contributed by atoms with Crippen LogP contribution in [0.4, 0.5) is 14.5 Å². The normalized spacial score (nSPS) is 20.9. The smallest absolute Gasteiger partial charge is 0.308 e. The van der Waals surface area contributed by atoms with Crippen molar-refractivity contribution in [3.8, 4) is 0 Å². The van der Waals surface area contributed by atoms with Crippen molar-refractivity contribution in [2.24, 2.45) is 5.92 Å². The van der Waals surface area contributed by atoms with E-state index in [-0.39, 0.29) is 18.5 Å². The van der Waals surface area contributed by atoms with Crippen LogP contribution in [0.5, 0.6) is 0 Å². The number of fused-ring (bicyclic) bond motifs is 1. The summed E-state index contributed by atoms with van der Waals surface area (Å²) in [6.07, 6.45) is 5.19. The maximum Gasteiger partial charge on any atom is 0.308 e. The highest BCUT2D eigenvalue weighted by molar-refractivity contribution is 6.01. The molecule has 2 saturated heterocycles. The number of likely N-dealkylation sites (tertiary alicyclic amines) is 1. The van der Waals surface area contributed by atoms with Gasteiger partial charge in [0.2, 0.25) is 0 Å². The summed E-state index contributed by atoms with van der Waals surface area (Å²) in [5.74, 6) is -2.62. The molecule has 0 bridgehead atoms. The fourth-order valence-electron chi connectivity index (χ4n) is 4.80. The molecule has 0 spiro atoms. The number of pyridine rings is 1. The second-order valence-electron chi connectivity index (χ2n) is 8.37. The number of carbonyl (C=O) groups excluding carboxylic acids is 1. The first kappa shape index (κ1) is 20.4. The standard InChI is InChI=1S/C23H22F2N4O3/c24-15-3-4-19(25)17(10-15)20-2-1-7-28(20)16-6-9-29-21(11-16)18(12-26-29)22(30)27-8-5-14(13-27)23(31)32/h3-4,6,9-12,14,20H,1-2,5,7-8,13H2,(H,31,32). The van der Waals surface area contributed by atoms with E-state index in [1.807, 2.05) is 17.0 Å². The molecule has 32 heavy (non-hydrogen) atoms. The molecule has 2 aliphatic heterocycles. The topological polar surface area (TPSA) is 78.1 Å². The summed E-state index contributed by atoms with van der Waals surface area (Å²) in [6, 6.07) is 6.89. The number of hydrogen-bond acceptors (Lipinski definition) is 4. The number of rotatable bonds is 4. The lowest BCUT2D eigenvalue weighted by molar-refractivity contribution is -0.141. The molecule has 1 aromatic carbocycles. The van der Waals surface area contributed by atoms with Gasteiger partial charge in [-0.15, -0.1) is 0 Å². The van der Waals surface area contributed by atoms with Crippen molar-refractivity contribution in [3.05, 3.63) is 65.5 Å². The number of carboxylic acids is 1. The summed E-state index contributed by atoms with van der Waals surface area (Å²) < 4.78 is 29.8. The second kappa shape index (κ2) is 7.89. The van der Waals surface area contributed by atoms with Gasteiger partial charge >= 0.3 is 5.97 Å². The van der Waals surface area contributed by atoms with Gasteiger partial charge in [0.05, 0.1) is 29.2 Å². The number of anilines is 1. The Kier molecular flexibility index (Phi) is 5.03. The summed E-state index contributed by atoms with van der Waals surface area (Å²) in [4.78, 5) is 27.9. The lowest BCUT2D eigenvalue weighted by atomic mass is 10.0. The fraction of sp³-hybridized carbons (Fsp3) is 0.348. The molecule has 7 nitrogen and oxygen atoms in total.